The number of ether oxygens (including phenoxy) is 1. The standard InChI is InChI=1S/C28H32N6O.C27H31N7O.C25H28N6O/c1-20(35)23-5-3-7-25-24(23)6-4-8-26(25)27-18-30-34-19-22(17-29-28(27)34)32-11-9-21(10-12-32)33-15-13-31(2)14-16-33;1-31-12-14-33(15-13-31)19-8-10-32(11-9-19)20-16-29-27-25(17-30-34(27)18-20)23-6-7-24(26(28)35)22-5-3-2-4-21(22)23;1-18-14-22(21-4-2-3-5-24(21)28-18)23-16-27-31-17-20(15-26-25(23)31)29-8-6-19(7-9-29)30-10-12-32-13-11-30/h3-8,17-19,21H,9-16H2,1-2H3;2-7,16-19H,8-15H2,1H3,(H2,28,35);2-5,14-17,19H,6-13H2,1H3. The number of anilines is 3. The Morgan fingerprint density at radius 3 is 1.29 bits per heavy atom. The van der Waals surface area contributed by atoms with Crippen molar-refractivity contribution < 1.29 is 14.3 Å². The molecule has 6 saturated heterocycles. The molecule has 18 rings (SSSR count). The van der Waals surface area contributed by atoms with Gasteiger partial charge in [0.1, 0.15) is 0 Å². The molecule has 0 atom stereocenters. The van der Waals surface area contributed by atoms with Crippen LogP contribution in [0, 0.1) is 6.92 Å². The number of pyridine rings is 1. The van der Waals surface area contributed by atoms with Gasteiger partial charge in [0.05, 0.1) is 91.6 Å². The third kappa shape index (κ3) is 13.7. The maximum absolute atomic E-state index is 12.1. The van der Waals surface area contributed by atoms with Crippen LogP contribution in [-0.2, 0) is 4.74 Å². The second-order valence-corrected chi connectivity index (χ2v) is 28.6. The largest absolute Gasteiger partial charge is 0.379 e. The summed E-state index contributed by atoms with van der Waals surface area (Å²) in [4.78, 5) is 63.4. The number of piperazine rings is 2. The Kier molecular flexibility index (Phi) is 19.1. The number of carbonyl (C=O) groups excluding carboxylic acids is 2. The van der Waals surface area contributed by atoms with E-state index in [1.165, 1.54) is 90.9 Å². The van der Waals surface area contributed by atoms with Gasteiger partial charge < -0.3 is 35.0 Å². The molecule has 102 heavy (non-hydrogen) atoms. The van der Waals surface area contributed by atoms with Crippen LogP contribution in [0.2, 0.25) is 0 Å². The van der Waals surface area contributed by atoms with Gasteiger partial charge in [0.25, 0.3) is 0 Å². The smallest absolute Gasteiger partial charge is 0.249 e. The second-order valence-electron chi connectivity index (χ2n) is 28.6. The Balaban J connectivity index is 0.000000119. The summed E-state index contributed by atoms with van der Waals surface area (Å²) in [7, 11) is 4.43. The number of carbonyl (C=O) groups is 2. The fraction of sp³-hybridized carbons (Fsp3) is 0.388. The normalized spacial score (nSPS) is 18.5. The van der Waals surface area contributed by atoms with Crippen molar-refractivity contribution in [1.29, 1.82) is 0 Å². The molecule has 0 unspecified atom stereocenters. The number of piperidine rings is 3. The molecule has 6 aliphatic heterocycles. The van der Waals surface area contributed by atoms with Crippen LogP contribution in [0.25, 0.3) is 82.8 Å². The number of fused-ring (bicyclic) bond motifs is 6. The minimum Gasteiger partial charge on any atom is -0.379 e. The summed E-state index contributed by atoms with van der Waals surface area (Å²) in [6, 6.07) is 36.0. The fourth-order valence-electron chi connectivity index (χ4n) is 16.6. The number of nitrogens with two attached hydrogens (primary N) is 1. The van der Waals surface area contributed by atoms with Gasteiger partial charge in [-0.05, 0) is 123 Å². The fourth-order valence-corrected chi connectivity index (χ4v) is 16.6. The SMILES string of the molecule is CC(=O)c1cccc2c(-c3cnn4cc(N5CCC(N6CCN(C)CC6)CC5)cnc34)cccc12.CN1CCN(C2CCN(c3cnc4c(-c5ccc(C(N)=O)c6ccccc56)cnn4c3)CC2)CC1.Cc1cc(-c2cnn3cc(N4CCC(N5CCOCC5)CC4)cnc23)c2ccccc2n1. The van der Waals surface area contributed by atoms with Crippen LogP contribution in [0.15, 0.2) is 159 Å². The number of hydrogen-bond acceptors (Lipinski definition) is 18. The van der Waals surface area contributed by atoms with Crippen LogP contribution in [0.4, 0.5) is 17.1 Å². The van der Waals surface area contributed by atoms with Crippen molar-refractivity contribution in [3.63, 3.8) is 0 Å². The van der Waals surface area contributed by atoms with E-state index < -0.39 is 5.91 Å². The Morgan fingerprint density at radius 1 is 0.412 bits per heavy atom. The topological polar surface area (TPSA) is 199 Å². The molecule has 12 aromatic rings. The second kappa shape index (κ2) is 29.3. The summed E-state index contributed by atoms with van der Waals surface area (Å²) in [6.07, 6.45) is 25.1. The van der Waals surface area contributed by atoms with Gasteiger partial charge in [0, 0.05) is 162 Å². The lowest BCUT2D eigenvalue weighted by molar-refractivity contribution is 0.0115. The summed E-state index contributed by atoms with van der Waals surface area (Å²) in [5, 5.41) is 18.9. The van der Waals surface area contributed by atoms with Gasteiger partial charge in [0.2, 0.25) is 5.91 Å². The van der Waals surface area contributed by atoms with E-state index in [0.717, 1.165) is 177 Å². The Hall–Kier alpha value is -9.81. The molecule has 22 heteroatoms. The van der Waals surface area contributed by atoms with Gasteiger partial charge in [-0.3, -0.25) is 29.3 Å². The Bertz CT molecular complexity index is 4840. The third-order valence-corrected chi connectivity index (χ3v) is 22.4. The zero-order chi connectivity index (χ0) is 69.4. The molecule has 0 spiro atoms. The molecule has 0 radical (unpaired) electrons. The highest BCUT2D eigenvalue weighted by Gasteiger charge is 2.31. The lowest BCUT2D eigenvalue weighted by Crippen LogP contribution is -2.52. The molecule has 0 aliphatic carbocycles. The molecular formula is C80H91N19O3. The first-order valence-corrected chi connectivity index (χ1v) is 36.6. The first-order valence-electron chi connectivity index (χ1n) is 36.6. The predicted molar refractivity (Wildman–Crippen MR) is 405 cm³/mol. The van der Waals surface area contributed by atoms with Crippen LogP contribution in [0.5, 0.6) is 0 Å². The maximum atomic E-state index is 12.1. The lowest BCUT2D eigenvalue weighted by Gasteiger charge is -2.42. The van der Waals surface area contributed by atoms with E-state index in [1.54, 1.807) is 13.0 Å². The summed E-state index contributed by atoms with van der Waals surface area (Å²) in [5.74, 6) is -0.349. The first kappa shape index (κ1) is 66.7. The highest BCUT2D eigenvalue weighted by molar-refractivity contribution is 6.12. The Morgan fingerprint density at radius 2 is 0.814 bits per heavy atom. The summed E-state index contributed by atoms with van der Waals surface area (Å²) in [5.41, 5.74) is 20.9. The van der Waals surface area contributed by atoms with Gasteiger partial charge in [-0.1, -0.05) is 84.9 Å². The molecule has 13 heterocycles. The lowest BCUT2D eigenvalue weighted by atomic mass is 9.95. The predicted octanol–water partition coefficient (Wildman–Crippen LogP) is 10.4. The molecule has 0 saturated carbocycles. The number of likely N-dealkylation sites (N-methyl/N-ethyl adjacent to an activating group) is 2. The van der Waals surface area contributed by atoms with Gasteiger partial charge in [-0.2, -0.15) is 15.3 Å². The van der Waals surface area contributed by atoms with Crippen LogP contribution < -0.4 is 20.4 Å². The highest BCUT2D eigenvalue weighted by Crippen LogP contribution is 2.37. The molecule has 6 aliphatic rings. The number of para-hydroxylation sites is 1. The van der Waals surface area contributed by atoms with Crippen molar-refractivity contribution in [1.82, 2.24) is 73.3 Å². The number of aromatic nitrogens is 10. The average Bonchev–Trinajstić information content (AvgIpc) is 1.55. The minimum atomic E-state index is -0.424. The van der Waals surface area contributed by atoms with Crippen molar-refractivity contribution in [2.45, 2.75) is 70.5 Å². The number of rotatable bonds is 11. The zero-order valence-electron chi connectivity index (χ0n) is 59.1. The maximum Gasteiger partial charge on any atom is 0.249 e. The molecule has 524 valence electrons. The number of benzene rings is 5. The van der Waals surface area contributed by atoms with E-state index in [-0.39, 0.29) is 5.78 Å². The van der Waals surface area contributed by atoms with E-state index in [1.807, 2.05) is 118 Å². The Labute approximate surface area is 594 Å². The summed E-state index contributed by atoms with van der Waals surface area (Å²) < 4.78 is 11.2. The average molecular weight is 1370 g/mol. The number of hydrogen-bond donors (Lipinski definition) is 1. The van der Waals surface area contributed by atoms with Gasteiger partial charge in [-0.15, -0.1) is 0 Å². The van der Waals surface area contributed by atoms with Crippen molar-refractivity contribution in [3.8, 4) is 33.4 Å². The zero-order valence-corrected chi connectivity index (χ0v) is 59.1. The van der Waals surface area contributed by atoms with Crippen LogP contribution in [-0.4, -0.2) is 235 Å². The summed E-state index contributed by atoms with van der Waals surface area (Å²) >= 11 is 0. The van der Waals surface area contributed by atoms with E-state index in [4.69, 9.17) is 25.4 Å². The third-order valence-electron chi connectivity index (χ3n) is 22.4. The first-order chi connectivity index (χ1) is 49.9. The summed E-state index contributed by atoms with van der Waals surface area (Å²) in [6.45, 7) is 23.2. The van der Waals surface area contributed by atoms with Crippen molar-refractivity contribution in [2.75, 3.05) is 147 Å². The molecule has 6 fully saturated rings. The number of morpholine rings is 1. The van der Waals surface area contributed by atoms with Gasteiger partial charge >= 0.3 is 0 Å². The molecule has 0 bridgehead atoms. The molecule has 1 amide bonds. The molecular weight excluding hydrogens is 1280 g/mol. The van der Waals surface area contributed by atoms with Crippen molar-refractivity contribution in [3.05, 3.63) is 176 Å². The van der Waals surface area contributed by atoms with Gasteiger partial charge in [0.15, 0.2) is 22.7 Å². The van der Waals surface area contributed by atoms with Gasteiger partial charge in [-0.25, -0.2) is 28.5 Å². The molecule has 7 aromatic heterocycles. The van der Waals surface area contributed by atoms with Crippen LogP contribution in [0.3, 0.4) is 0 Å². The number of primary amides is 1. The number of amides is 1. The minimum absolute atomic E-state index is 0.0757. The molecule has 22 nitrogen and oxygen atoms in total. The number of ketones is 1. The van der Waals surface area contributed by atoms with E-state index >= 15 is 0 Å². The monoisotopic (exact) mass is 1370 g/mol. The number of nitrogens with zero attached hydrogens (tertiary/aromatic N) is 18. The van der Waals surface area contributed by atoms with E-state index in [2.05, 4.69) is 129 Å². The number of aryl methyl sites for hydroxylation is 1. The van der Waals surface area contributed by atoms with E-state index in [9.17, 15) is 9.59 Å². The molecule has 2 N–H and O–H groups in total. The number of Topliss-reactive ketones (excluding diaryl/α,β-unsaturated/α-hetero) is 1. The quantitative estimate of drug-likeness (QED) is 0.120. The van der Waals surface area contributed by atoms with Crippen LogP contribution >= 0.6 is 0 Å². The van der Waals surface area contributed by atoms with Crippen LogP contribution in [0.1, 0.15) is 71.9 Å². The van der Waals surface area contributed by atoms with Crippen molar-refractivity contribution >= 4 is 78.1 Å². The van der Waals surface area contributed by atoms with E-state index in [0.29, 0.717) is 23.7 Å². The molecule has 5 aromatic carbocycles. The highest BCUT2D eigenvalue weighted by atomic mass is 16.5. The van der Waals surface area contributed by atoms with Crippen molar-refractivity contribution in [2.24, 2.45) is 5.73 Å².